The van der Waals surface area contributed by atoms with E-state index in [1.54, 1.807) is 19.9 Å². The molecule has 1 aromatic rings. The van der Waals surface area contributed by atoms with Gasteiger partial charge in [-0.3, -0.25) is 4.79 Å². The molecule has 0 aliphatic carbocycles. The lowest BCUT2D eigenvalue weighted by atomic mass is 10.1. The van der Waals surface area contributed by atoms with Crippen LogP contribution in [0.2, 0.25) is 5.02 Å². The summed E-state index contributed by atoms with van der Waals surface area (Å²) in [4.78, 5) is 11.9. The second-order valence-corrected chi connectivity index (χ2v) is 4.51. The number of nitrogens with one attached hydrogen (secondary N) is 1. The number of carbonyl (C=O) groups is 1. The van der Waals surface area contributed by atoms with Crippen LogP contribution in [0.3, 0.4) is 0 Å². The van der Waals surface area contributed by atoms with Crippen molar-refractivity contribution in [2.45, 2.75) is 26.4 Å². The quantitative estimate of drug-likeness (QED) is 0.884. The van der Waals surface area contributed by atoms with Crippen molar-refractivity contribution in [3.05, 3.63) is 28.8 Å². The highest BCUT2D eigenvalue weighted by Gasteiger charge is 2.27. The summed E-state index contributed by atoms with van der Waals surface area (Å²) in [6, 6.07) is 5.47. The first-order valence-corrected chi connectivity index (χ1v) is 5.38. The lowest BCUT2D eigenvalue weighted by molar-refractivity contribution is -0.133. The molecular weight excluding hydrogens is 226 g/mol. The molecule has 1 amide bonds. The van der Waals surface area contributed by atoms with Crippen LogP contribution in [-0.4, -0.2) is 18.6 Å². The Morgan fingerprint density at radius 2 is 2.06 bits per heavy atom. The van der Waals surface area contributed by atoms with Crippen LogP contribution < -0.4 is 5.32 Å². The smallest absolute Gasteiger partial charge is 0.256 e. The fourth-order valence-electron chi connectivity index (χ4n) is 1.15. The zero-order valence-electron chi connectivity index (χ0n) is 9.93. The Morgan fingerprint density at radius 3 is 2.56 bits per heavy atom. The van der Waals surface area contributed by atoms with Crippen molar-refractivity contribution in [2.75, 3.05) is 12.4 Å². The number of hydrogen-bond acceptors (Lipinski definition) is 2. The molecule has 1 rings (SSSR count). The van der Waals surface area contributed by atoms with Crippen molar-refractivity contribution >= 4 is 23.2 Å². The standard InChI is InChI=1S/C12H16ClNO2/c1-8-6-5-7-9(13)10(8)14-11(15)12(2,3)16-4/h5-7H,1-4H3,(H,14,15). The number of benzene rings is 1. The molecule has 0 saturated carbocycles. The summed E-state index contributed by atoms with van der Waals surface area (Å²) < 4.78 is 5.10. The maximum Gasteiger partial charge on any atom is 0.256 e. The fraction of sp³-hybridized carbons (Fsp3) is 0.417. The lowest BCUT2D eigenvalue weighted by Crippen LogP contribution is -2.39. The Labute approximate surface area is 101 Å². The van der Waals surface area contributed by atoms with Crippen LogP contribution in [-0.2, 0) is 9.53 Å². The molecule has 4 heteroatoms. The average Bonchev–Trinajstić information content (AvgIpc) is 2.23. The van der Waals surface area contributed by atoms with E-state index in [-0.39, 0.29) is 5.91 Å². The van der Waals surface area contributed by atoms with Crippen molar-refractivity contribution in [1.82, 2.24) is 0 Å². The van der Waals surface area contributed by atoms with Gasteiger partial charge >= 0.3 is 0 Å². The first kappa shape index (κ1) is 13.0. The van der Waals surface area contributed by atoms with E-state index in [4.69, 9.17) is 16.3 Å². The number of anilines is 1. The molecule has 3 nitrogen and oxygen atoms in total. The summed E-state index contributed by atoms with van der Waals surface area (Å²) in [6.07, 6.45) is 0. The molecule has 0 radical (unpaired) electrons. The molecule has 0 aromatic heterocycles. The van der Waals surface area contributed by atoms with E-state index < -0.39 is 5.60 Å². The van der Waals surface area contributed by atoms with Gasteiger partial charge in [-0.2, -0.15) is 0 Å². The summed E-state index contributed by atoms with van der Waals surface area (Å²) in [5, 5.41) is 3.30. The number of para-hydroxylation sites is 1. The van der Waals surface area contributed by atoms with E-state index in [9.17, 15) is 4.79 Å². The van der Waals surface area contributed by atoms with E-state index in [2.05, 4.69) is 5.32 Å². The van der Waals surface area contributed by atoms with Crippen LogP contribution in [0.1, 0.15) is 19.4 Å². The summed E-state index contributed by atoms with van der Waals surface area (Å²) in [5.41, 5.74) is 0.693. The minimum atomic E-state index is -0.869. The molecule has 0 fully saturated rings. The van der Waals surface area contributed by atoms with Crippen molar-refractivity contribution in [3.63, 3.8) is 0 Å². The first-order chi connectivity index (χ1) is 7.38. The van der Waals surface area contributed by atoms with Crippen LogP contribution in [0.15, 0.2) is 18.2 Å². The summed E-state index contributed by atoms with van der Waals surface area (Å²) in [5.74, 6) is -0.216. The minimum Gasteiger partial charge on any atom is -0.369 e. The normalized spacial score (nSPS) is 11.3. The van der Waals surface area contributed by atoms with Gasteiger partial charge in [0, 0.05) is 7.11 Å². The molecule has 0 saturated heterocycles. The van der Waals surface area contributed by atoms with Gasteiger partial charge in [0.2, 0.25) is 0 Å². The topological polar surface area (TPSA) is 38.3 Å². The largest absolute Gasteiger partial charge is 0.369 e. The Morgan fingerprint density at radius 1 is 1.44 bits per heavy atom. The molecule has 1 N–H and O–H groups in total. The molecule has 88 valence electrons. The molecule has 0 spiro atoms. The van der Waals surface area contributed by atoms with Gasteiger partial charge in [-0.25, -0.2) is 0 Å². The number of ether oxygens (including phenoxy) is 1. The lowest BCUT2D eigenvalue weighted by Gasteiger charge is -2.22. The Kier molecular flexibility index (Phi) is 3.94. The molecule has 0 bridgehead atoms. The van der Waals surface area contributed by atoms with Gasteiger partial charge in [0.25, 0.3) is 5.91 Å². The summed E-state index contributed by atoms with van der Waals surface area (Å²) in [6.45, 7) is 5.30. The second kappa shape index (κ2) is 4.85. The zero-order chi connectivity index (χ0) is 12.3. The molecule has 0 unspecified atom stereocenters. The molecular formula is C12H16ClNO2. The van der Waals surface area contributed by atoms with Crippen LogP contribution in [0.25, 0.3) is 0 Å². The van der Waals surface area contributed by atoms with Gasteiger partial charge in [-0.1, -0.05) is 23.7 Å². The molecule has 0 heterocycles. The highest BCUT2D eigenvalue weighted by molar-refractivity contribution is 6.34. The Bertz CT molecular complexity index is 382. The van der Waals surface area contributed by atoms with E-state index in [1.165, 1.54) is 7.11 Å². The minimum absolute atomic E-state index is 0.216. The van der Waals surface area contributed by atoms with Crippen molar-refractivity contribution in [3.8, 4) is 0 Å². The van der Waals surface area contributed by atoms with Gasteiger partial charge in [0.1, 0.15) is 5.60 Å². The molecule has 1 aromatic carbocycles. The van der Waals surface area contributed by atoms with Crippen LogP contribution >= 0.6 is 11.6 Å². The summed E-state index contributed by atoms with van der Waals surface area (Å²) >= 11 is 6.01. The molecule has 0 aliphatic heterocycles. The van der Waals surface area contributed by atoms with E-state index in [0.29, 0.717) is 10.7 Å². The van der Waals surface area contributed by atoms with Crippen molar-refractivity contribution < 1.29 is 9.53 Å². The average molecular weight is 242 g/mol. The first-order valence-electron chi connectivity index (χ1n) is 5.00. The van der Waals surface area contributed by atoms with Gasteiger partial charge in [-0.05, 0) is 32.4 Å². The van der Waals surface area contributed by atoms with E-state index in [0.717, 1.165) is 5.56 Å². The predicted molar refractivity (Wildman–Crippen MR) is 65.9 cm³/mol. The third kappa shape index (κ3) is 2.74. The van der Waals surface area contributed by atoms with Gasteiger partial charge in [-0.15, -0.1) is 0 Å². The number of carbonyl (C=O) groups excluding carboxylic acids is 1. The van der Waals surface area contributed by atoms with Crippen LogP contribution in [0.5, 0.6) is 0 Å². The Hall–Kier alpha value is -1.06. The van der Waals surface area contributed by atoms with Crippen LogP contribution in [0, 0.1) is 6.92 Å². The van der Waals surface area contributed by atoms with Gasteiger partial charge in [0.05, 0.1) is 10.7 Å². The number of methoxy groups -OCH3 is 1. The maximum atomic E-state index is 11.9. The van der Waals surface area contributed by atoms with Gasteiger partial charge in [0.15, 0.2) is 0 Å². The third-order valence-corrected chi connectivity index (χ3v) is 2.83. The number of halogens is 1. The van der Waals surface area contributed by atoms with Crippen molar-refractivity contribution in [2.24, 2.45) is 0 Å². The molecule has 0 aliphatic rings. The number of rotatable bonds is 3. The number of aryl methyl sites for hydroxylation is 1. The van der Waals surface area contributed by atoms with E-state index >= 15 is 0 Å². The molecule has 0 atom stereocenters. The predicted octanol–water partition coefficient (Wildman–Crippen LogP) is 3.01. The van der Waals surface area contributed by atoms with Crippen LogP contribution in [0.4, 0.5) is 5.69 Å². The summed E-state index contributed by atoms with van der Waals surface area (Å²) in [7, 11) is 1.50. The third-order valence-electron chi connectivity index (χ3n) is 2.52. The van der Waals surface area contributed by atoms with Gasteiger partial charge < -0.3 is 10.1 Å². The number of hydrogen-bond donors (Lipinski definition) is 1. The number of amides is 1. The highest BCUT2D eigenvalue weighted by Crippen LogP contribution is 2.26. The monoisotopic (exact) mass is 241 g/mol. The second-order valence-electron chi connectivity index (χ2n) is 4.10. The van der Waals surface area contributed by atoms with E-state index in [1.807, 2.05) is 19.1 Å². The van der Waals surface area contributed by atoms with Crippen molar-refractivity contribution in [1.29, 1.82) is 0 Å². The molecule has 16 heavy (non-hydrogen) atoms. The fourth-order valence-corrected chi connectivity index (χ4v) is 1.42. The SMILES string of the molecule is COC(C)(C)C(=O)Nc1c(C)cccc1Cl. The maximum absolute atomic E-state index is 11.9. The zero-order valence-corrected chi connectivity index (χ0v) is 10.7. The Balaban J connectivity index is 2.94. The highest BCUT2D eigenvalue weighted by atomic mass is 35.5.